The summed E-state index contributed by atoms with van der Waals surface area (Å²) in [7, 11) is 0. The third-order valence-corrected chi connectivity index (χ3v) is 3.00. The summed E-state index contributed by atoms with van der Waals surface area (Å²) in [6.45, 7) is 3.99. The fourth-order valence-electron chi connectivity index (χ4n) is 1.12. The standard InChI is InChI=1S/C11H14OS/c1-3-5-9(12)8-11-7-6-10(4-2)13-11/h3,5-7H,4,8H2,1-2H3/b5-3+. The lowest BCUT2D eigenvalue weighted by molar-refractivity contribution is -0.113. The predicted octanol–water partition coefficient (Wildman–Crippen LogP) is 3.00. The molecular formula is C11H14OS. The predicted molar refractivity (Wildman–Crippen MR) is 57.2 cm³/mol. The fourth-order valence-corrected chi connectivity index (χ4v) is 2.09. The van der Waals surface area contributed by atoms with E-state index in [0.29, 0.717) is 6.42 Å². The van der Waals surface area contributed by atoms with Gasteiger partial charge < -0.3 is 0 Å². The lowest BCUT2D eigenvalue weighted by Gasteiger charge is -1.90. The van der Waals surface area contributed by atoms with Crippen LogP contribution in [0.1, 0.15) is 23.6 Å². The van der Waals surface area contributed by atoms with Gasteiger partial charge >= 0.3 is 0 Å². The highest BCUT2D eigenvalue weighted by atomic mass is 32.1. The Bertz CT molecular complexity index is 310. The molecule has 0 unspecified atom stereocenters. The molecule has 1 aromatic heterocycles. The highest BCUT2D eigenvalue weighted by Gasteiger charge is 2.02. The van der Waals surface area contributed by atoms with Crippen molar-refractivity contribution in [2.24, 2.45) is 0 Å². The maximum atomic E-state index is 11.2. The van der Waals surface area contributed by atoms with Gasteiger partial charge in [0.2, 0.25) is 0 Å². The van der Waals surface area contributed by atoms with E-state index in [1.54, 1.807) is 23.5 Å². The van der Waals surface area contributed by atoms with Gasteiger partial charge in [0.25, 0.3) is 0 Å². The Kier molecular flexibility index (Phi) is 3.90. The normalized spacial score (nSPS) is 10.9. The monoisotopic (exact) mass is 194 g/mol. The van der Waals surface area contributed by atoms with E-state index in [9.17, 15) is 4.79 Å². The third-order valence-electron chi connectivity index (χ3n) is 1.77. The molecule has 0 bridgehead atoms. The number of hydrogen-bond donors (Lipinski definition) is 0. The number of thiophene rings is 1. The van der Waals surface area contributed by atoms with E-state index in [1.807, 2.05) is 13.0 Å². The van der Waals surface area contributed by atoms with Crippen LogP contribution in [0.3, 0.4) is 0 Å². The van der Waals surface area contributed by atoms with E-state index in [1.165, 1.54) is 9.75 Å². The molecule has 2 heteroatoms. The topological polar surface area (TPSA) is 17.1 Å². The second-order valence-electron chi connectivity index (χ2n) is 2.86. The summed E-state index contributed by atoms with van der Waals surface area (Å²) in [5, 5.41) is 0. The van der Waals surface area contributed by atoms with Crippen LogP contribution in [0.4, 0.5) is 0 Å². The van der Waals surface area contributed by atoms with Crippen LogP contribution in [-0.2, 0) is 17.6 Å². The number of carbonyl (C=O) groups excluding carboxylic acids is 1. The summed E-state index contributed by atoms with van der Waals surface area (Å²) in [4.78, 5) is 13.7. The highest BCUT2D eigenvalue weighted by Crippen LogP contribution is 2.17. The summed E-state index contributed by atoms with van der Waals surface area (Å²) in [6, 6.07) is 4.15. The Hall–Kier alpha value is -0.890. The first-order valence-corrected chi connectivity index (χ1v) is 5.31. The van der Waals surface area contributed by atoms with Gasteiger partial charge in [-0.15, -0.1) is 11.3 Å². The van der Waals surface area contributed by atoms with E-state index >= 15 is 0 Å². The summed E-state index contributed by atoms with van der Waals surface area (Å²) < 4.78 is 0. The van der Waals surface area contributed by atoms with E-state index in [0.717, 1.165) is 6.42 Å². The molecule has 0 aliphatic heterocycles. The number of rotatable bonds is 4. The van der Waals surface area contributed by atoms with E-state index in [4.69, 9.17) is 0 Å². The van der Waals surface area contributed by atoms with E-state index in [2.05, 4.69) is 13.0 Å². The molecule has 70 valence electrons. The van der Waals surface area contributed by atoms with Crippen molar-refractivity contribution in [1.82, 2.24) is 0 Å². The Morgan fingerprint density at radius 3 is 2.69 bits per heavy atom. The molecule has 0 N–H and O–H groups in total. The first-order chi connectivity index (χ1) is 6.26. The van der Waals surface area contributed by atoms with Gasteiger partial charge in [-0.05, 0) is 31.6 Å². The number of ketones is 1. The van der Waals surface area contributed by atoms with Gasteiger partial charge in [-0.1, -0.05) is 13.0 Å². The van der Waals surface area contributed by atoms with Crippen LogP contribution in [0.25, 0.3) is 0 Å². The Balaban J connectivity index is 2.58. The number of carbonyl (C=O) groups is 1. The Morgan fingerprint density at radius 1 is 1.46 bits per heavy atom. The van der Waals surface area contributed by atoms with Gasteiger partial charge in [-0.2, -0.15) is 0 Å². The minimum Gasteiger partial charge on any atom is -0.294 e. The molecule has 0 aliphatic rings. The zero-order valence-corrected chi connectivity index (χ0v) is 8.86. The van der Waals surface area contributed by atoms with Crippen LogP contribution in [0, 0.1) is 0 Å². The summed E-state index contributed by atoms with van der Waals surface area (Å²) >= 11 is 1.73. The van der Waals surface area contributed by atoms with Crippen molar-refractivity contribution in [2.75, 3.05) is 0 Å². The van der Waals surface area contributed by atoms with Gasteiger partial charge in [0, 0.05) is 16.2 Å². The molecule has 0 radical (unpaired) electrons. The molecule has 0 fully saturated rings. The summed E-state index contributed by atoms with van der Waals surface area (Å²) in [5.41, 5.74) is 0. The van der Waals surface area contributed by atoms with Crippen LogP contribution in [-0.4, -0.2) is 5.78 Å². The number of allylic oxidation sites excluding steroid dienone is 2. The van der Waals surface area contributed by atoms with Crippen molar-refractivity contribution >= 4 is 17.1 Å². The molecule has 0 aliphatic carbocycles. The second kappa shape index (κ2) is 4.97. The lowest BCUT2D eigenvalue weighted by Crippen LogP contribution is -1.95. The lowest BCUT2D eigenvalue weighted by atomic mass is 10.2. The largest absolute Gasteiger partial charge is 0.294 e. The van der Waals surface area contributed by atoms with Crippen LogP contribution in [0.5, 0.6) is 0 Å². The molecule has 0 saturated carbocycles. The zero-order valence-electron chi connectivity index (χ0n) is 8.04. The average Bonchev–Trinajstić information content (AvgIpc) is 2.52. The second-order valence-corrected chi connectivity index (χ2v) is 4.12. The SMILES string of the molecule is C/C=C/C(=O)Cc1ccc(CC)s1. The van der Waals surface area contributed by atoms with Crippen LogP contribution >= 0.6 is 11.3 Å². The van der Waals surface area contributed by atoms with Gasteiger partial charge in [0.1, 0.15) is 0 Å². The first kappa shape index (κ1) is 10.2. The quantitative estimate of drug-likeness (QED) is 0.673. The fraction of sp³-hybridized carbons (Fsp3) is 0.364. The van der Waals surface area contributed by atoms with Gasteiger partial charge in [-0.3, -0.25) is 4.79 Å². The summed E-state index contributed by atoms with van der Waals surface area (Å²) in [5.74, 6) is 0.187. The van der Waals surface area contributed by atoms with Crippen molar-refractivity contribution in [3.63, 3.8) is 0 Å². The van der Waals surface area contributed by atoms with Crippen LogP contribution < -0.4 is 0 Å². The molecule has 1 rings (SSSR count). The van der Waals surface area contributed by atoms with Gasteiger partial charge in [-0.25, -0.2) is 0 Å². The van der Waals surface area contributed by atoms with Crippen molar-refractivity contribution in [2.45, 2.75) is 26.7 Å². The maximum Gasteiger partial charge on any atom is 0.160 e. The molecular weight excluding hydrogens is 180 g/mol. The average molecular weight is 194 g/mol. The maximum absolute atomic E-state index is 11.2. The van der Waals surface area contributed by atoms with E-state index < -0.39 is 0 Å². The number of hydrogen-bond acceptors (Lipinski definition) is 2. The molecule has 1 heterocycles. The molecule has 0 spiro atoms. The van der Waals surface area contributed by atoms with Crippen molar-refractivity contribution in [1.29, 1.82) is 0 Å². The Morgan fingerprint density at radius 2 is 2.15 bits per heavy atom. The van der Waals surface area contributed by atoms with Gasteiger partial charge in [0.05, 0.1) is 0 Å². The van der Waals surface area contributed by atoms with Crippen LogP contribution in [0.15, 0.2) is 24.3 Å². The third kappa shape index (κ3) is 3.15. The molecule has 0 saturated heterocycles. The van der Waals surface area contributed by atoms with Crippen molar-refractivity contribution < 1.29 is 4.79 Å². The van der Waals surface area contributed by atoms with Crippen LogP contribution in [0.2, 0.25) is 0 Å². The van der Waals surface area contributed by atoms with Crippen molar-refractivity contribution in [3.8, 4) is 0 Å². The first-order valence-electron chi connectivity index (χ1n) is 4.49. The zero-order chi connectivity index (χ0) is 9.68. The molecule has 1 nitrogen and oxygen atoms in total. The number of aryl methyl sites for hydroxylation is 1. The minimum absolute atomic E-state index is 0.187. The van der Waals surface area contributed by atoms with Crippen molar-refractivity contribution in [3.05, 3.63) is 34.0 Å². The molecule has 1 aromatic rings. The van der Waals surface area contributed by atoms with E-state index in [-0.39, 0.29) is 5.78 Å². The summed E-state index contributed by atoms with van der Waals surface area (Å²) in [6.07, 6.45) is 5.03. The molecule has 0 amide bonds. The molecule has 0 aromatic carbocycles. The molecule has 13 heavy (non-hydrogen) atoms. The molecule has 0 atom stereocenters. The van der Waals surface area contributed by atoms with Gasteiger partial charge in [0.15, 0.2) is 5.78 Å². The smallest absolute Gasteiger partial charge is 0.160 e. The minimum atomic E-state index is 0.187. The highest BCUT2D eigenvalue weighted by molar-refractivity contribution is 7.12. The Labute approximate surface area is 83.1 Å².